The van der Waals surface area contributed by atoms with Crippen LogP contribution in [0.25, 0.3) is 11.0 Å². The molecule has 0 fully saturated rings. The molecule has 0 spiro atoms. The molecule has 4 aromatic rings. The first-order chi connectivity index (χ1) is 16.1. The maximum atomic E-state index is 13.6. The summed E-state index contributed by atoms with van der Waals surface area (Å²) in [7, 11) is 3.17. The predicted molar refractivity (Wildman–Crippen MR) is 131 cm³/mol. The summed E-state index contributed by atoms with van der Waals surface area (Å²) in [6.07, 6.45) is 2.21. The van der Waals surface area contributed by atoms with E-state index in [1.54, 1.807) is 26.4 Å². The molecule has 6 heteroatoms. The molecule has 0 aliphatic rings. The summed E-state index contributed by atoms with van der Waals surface area (Å²) in [5.41, 5.74) is 3.67. The van der Waals surface area contributed by atoms with Gasteiger partial charge < -0.3 is 19.4 Å². The molecule has 6 nitrogen and oxygen atoms in total. The molecule has 0 saturated heterocycles. The van der Waals surface area contributed by atoms with E-state index in [-0.39, 0.29) is 5.91 Å². The zero-order valence-corrected chi connectivity index (χ0v) is 19.2. The van der Waals surface area contributed by atoms with Crippen molar-refractivity contribution in [3.8, 4) is 11.5 Å². The minimum Gasteiger partial charge on any atom is -0.493 e. The first-order valence-corrected chi connectivity index (χ1v) is 11.2. The van der Waals surface area contributed by atoms with Crippen molar-refractivity contribution in [2.75, 3.05) is 19.5 Å². The highest BCUT2D eigenvalue weighted by molar-refractivity contribution is 5.95. The van der Waals surface area contributed by atoms with E-state index in [1.165, 1.54) is 0 Å². The van der Waals surface area contributed by atoms with Crippen LogP contribution in [0.3, 0.4) is 0 Å². The van der Waals surface area contributed by atoms with E-state index in [2.05, 4.69) is 28.9 Å². The molecule has 170 valence electrons. The molecule has 1 N–H and O–H groups in total. The Bertz CT molecular complexity index is 1230. The van der Waals surface area contributed by atoms with Gasteiger partial charge in [-0.15, -0.1) is 0 Å². The van der Waals surface area contributed by atoms with Crippen molar-refractivity contribution in [3.05, 3.63) is 84.2 Å². The quantitative estimate of drug-likeness (QED) is 0.364. The largest absolute Gasteiger partial charge is 0.493 e. The minimum atomic E-state index is -0.394. The Balaban J connectivity index is 1.72. The Morgan fingerprint density at radius 3 is 2.42 bits per heavy atom. The van der Waals surface area contributed by atoms with Crippen LogP contribution in [0.4, 0.5) is 5.69 Å². The molecule has 0 aliphatic carbocycles. The van der Waals surface area contributed by atoms with Gasteiger partial charge in [-0.3, -0.25) is 4.79 Å². The fraction of sp³-hybridized carbons (Fsp3) is 0.259. The first-order valence-electron chi connectivity index (χ1n) is 11.2. The van der Waals surface area contributed by atoms with E-state index >= 15 is 0 Å². The zero-order chi connectivity index (χ0) is 23.2. The van der Waals surface area contributed by atoms with Crippen LogP contribution < -0.4 is 14.8 Å². The highest BCUT2D eigenvalue weighted by Crippen LogP contribution is 2.31. The topological polar surface area (TPSA) is 65.4 Å². The SMILES string of the molecule is CCCC(C(=O)Nc1ccc(OC)c(OC)c1)n1c(Cc2ccccc2)nc2ccccc21. The number of hydrogen-bond donors (Lipinski definition) is 1. The number of amides is 1. The molecule has 1 atom stereocenters. The second-order valence-electron chi connectivity index (χ2n) is 7.91. The fourth-order valence-electron chi connectivity index (χ4n) is 4.14. The van der Waals surface area contributed by atoms with E-state index in [4.69, 9.17) is 14.5 Å². The van der Waals surface area contributed by atoms with Crippen LogP contribution >= 0.6 is 0 Å². The van der Waals surface area contributed by atoms with Gasteiger partial charge in [0.25, 0.3) is 0 Å². The van der Waals surface area contributed by atoms with Gasteiger partial charge in [0.1, 0.15) is 11.9 Å². The van der Waals surface area contributed by atoms with E-state index in [9.17, 15) is 4.79 Å². The number of benzene rings is 3. The van der Waals surface area contributed by atoms with Crippen molar-refractivity contribution in [2.24, 2.45) is 0 Å². The maximum absolute atomic E-state index is 13.6. The molecule has 1 aromatic heterocycles. The Labute approximate surface area is 194 Å². The van der Waals surface area contributed by atoms with Crippen molar-refractivity contribution in [3.63, 3.8) is 0 Å². The normalized spacial score (nSPS) is 11.8. The number of aromatic nitrogens is 2. The van der Waals surface area contributed by atoms with E-state index in [0.29, 0.717) is 30.0 Å². The third kappa shape index (κ3) is 4.85. The summed E-state index contributed by atoms with van der Waals surface area (Å²) in [6.45, 7) is 2.09. The van der Waals surface area contributed by atoms with Crippen LogP contribution in [0.2, 0.25) is 0 Å². The number of nitrogens with zero attached hydrogens (tertiary/aromatic N) is 2. The number of para-hydroxylation sites is 2. The van der Waals surface area contributed by atoms with Gasteiger partial charge in [-0.2, -0.15) is 0 Å². The van der Waals surface area contributed by atoms with E-state index < -0.39 is 6.04 Å². The standard InChI is InChI=1S/C27H29N3O3/c1-4-10-23(27(31)28-20-15-16-24(32-2)25(18-20)33-3)30-22-14-9-8-13-21(22)29-26(30)17-19-11-6-5-7-12-19/h5-9,11-16,18,23H,4,10,17H2,1-3H3,(H,28,31). The van der Waals surface area contributed by atoms with Crippen molar-refractivity contribution >= 4 is 22.6 Å². The Kier molecular flexibility index (Phi) is 6.93. The number of hydrogen-bond acceptors (Lipinski definition) is 4. The molecule has 3 aromatic carbocycles. The smallest absolute Gasteiger partial charge is 0.247 e. The van der Waals surface area contributed by atoms with Gasteiger partial charge in [0.15, 0.2) is 11.5 Å². The van der Waals surface area contributed by atoms with Gasteiger partial charge in [0, 0.05) is 18.2 Å². The van der Waals surface area contributed by atoms with Crippen LogP contribution in [0.1, 0.15) is 37.2 Å². The lowest BCUT2D eigenvalue weighted by atomic mass is 10.1. The number of carbonyl (C=O) groups excluding carboxylic acids is 1. The van der Waals surface area contributed by atoms with Gasteiger partial charge >= 0.3 is 0 Å². The lowest BCUT2D eigenvalue weighted by Gasteiger charge is -2.21. The number of fused-ring (bicyclic) bond motifs is 1. The number of imidazole rings is 1. The van der Waals surface area contributed by atoms with Gasteiger partial charge in [0.05, 0.1) is 25.3 Å². The van der Waals surface area contributed by atoms with E-state index in [0.717, 1.165) is 28.8 Å². The second-order valence-corrected chi connectivity index (χ2v) is 7.91. The summed E-state index contributed by atoms with van der Waals surface area (Å²) in [4.78, 5) is 18.5. The third-order valence-electron chi connectivity index (χ3n) is 5.70. The Morgan fingerprint density at radius 2 is 1.70 bits per heavy atom. The molecule has 0 aliphatic heterocycles. The van der Waals surface area contributed by atoms with Crippen LogP contribution in [0, 0.1) is 0 Å². The molecule has 0 saturated carbocycles. The minimum absolute atomic E-state index is 0.0819. The Morgan fingerprint density at radius 1 is 0.970 bits per heavy atom. The Hall–Kier alpha value is -3.80. The molecule has 1 heterocycles. The number of ether oxygens (including phenoxy) is 2. The van der Waals surface area contributed by atoms with Gasteiger partial charge in [-0.05, 0) is 36.2 Å². The third-order valence-corrected chi connectivity index (χ3v) is 5.70. The van der Waals surface area contributed by atoms with Crippen molar-refractivity contribution < 1.29 is 14.3 Å². The fourth-order valence-corrected chi connectivity index (χ4v) is 4.14. The molecule has 0 radical (unpaired) electrons. The van der Waals surface area contributed by atoms with Crippen LogP contribution in [-0.4, -0.2) is 29.7 Å². The van der Waals surface area contributed by atoms with Crippen molar-refractivity contribution in [1.29, 1.82) is 0 Å². The summed E-state index contributed by atoms with van der Waals surface area (Å²) in [5.74, 6) is 1.98. The molecule has 1 amide bonds. The first kappa shape index (κ1) is 22.4. The summed E-state index contributed by atoms with van der Waals surface area (Å²) >= 11 is 0. The average Bonchev–Trinajstić information content (AvgIpc) is 3.20. The maximum Gasteiger partial charge on any atom is 0.247 e. The summed E-state index contributed by atoms with van der Waals surface area (Å²) < 4.78 is 12.8. The molecular weight excluding hydrogens is 414 g/mol. The highest BCUT2D eigenvalue weighted by Gasteiger charge is 2.25. The number of anilines is 1. The second kappa shape index (κ2) is 10.2. The summed E-state index contributed by atoms with van der Waals surface area (Å²) in [5, 5.41) is 3.07. The van der Waals surface area contributed by atoms with Crippen molar-refractivity contribution in [2.45, 2.75) is 32.2 Å². The molecule has 4 rings (SSSR count). The summed E-state index contributed by atoms with van der Waals surface area (Å²) in [6, 6.07) is 23.2. The zero-order valence-electron chi connectivity index (χ0n) is 19.2. The van der Waals surface area contributed by atoms with Gasteiger partial charge in [-0.1, -0.05) is 55.8 Å². The monoisotopic (exact) mass is 443 g/mol. The van der Waals surface area contributed by atoms with Crippen LogP contribution in [-0.2, 0) is 11.2 Å². The molecular formula is C27H29N3O3. The average molecular weight is 444 g/mol. The molecule has 1 unspecified atom stereocenters. The number of methoxy groups -OCH3 is 2. The molecule has 33 heavy (non-hydrogen) atoms. The van der Waals surface area contributed by atoms with Crippen molar-refractivity contribution in [1.82, 2.24) is 9.55 Å². The lowest BCUT2D eigenvalue weighted by Crippen LogP contribution is -2.27. The van der Waals surface area contributed by atoms with Crippen LogP contribution in [0.5, 0.6) is 11.5 Å². The highest BCUT2D eigenvalue weighted by atomic mass is 16.5. The number of nitrogens with one attached hydrogen (secondary N) is 1. The lowest BCUT2D eigenvalue weighted by molar-refractivity contribution is -0.119. The van der Waals surface area contributed by atoms with Gasteiger partial charge in [0.2, 0.25) is 5.91 Å². The predicted octanol–water partition coefficient (Wildman–Crippen LogP) is 5.62. The number of carbonyl (C=O) groups is 1. The van der Waals surface area contributed by atoms with E-state index in [1.807, 2.05) is 48.5 Å². The number of rotatable bonds is 9. The van der Waals surface area contributed by atoms with Crippen LogP contribution in [0.15, 0.2) is 72.8 Å². The van der Waals surface area contributed by atoms with Gasteiger partial charge in [-0.25, -0.2) is 4.98 Å². The molecule has 0 bridgehead atoms.